The Bertz CT molecular complexity index is 647. The summed E-state index contributed by atoms with van der Waals surface area (Å²) >= 11 is 0. The maximum absolute atomic E-state index is 13.1. The van der Waals surface area contributed by atoms with E-state index in [0.717, 1.165) is 31.5 Å². The Morgan fingerprint density at radius 2 is 2.05 bits per heavy atom. The van der Waals surface area contributed by atoms with E-state index in [1.807, 2.05) is 6.07 Å². The molecule has 0 radical (unpaired) electrons. The molecule has 114 valence electrons. The van der Waals surface area contributed by atoms with Gasteiger partial charge in [-0.3, -0.25) is 4.90 Å². The molecule has 1 aliphatic heterocycles. The molecule has 1 aromatic carbocycles. The van der Waals surface area contributed by atoms with E-state index in [1.165, 1.54) is 12.1 Å². The Morgan fingerprint density at radius 3 is 2.62 bits per heavy atom. The largest absolute Gasteiger partial charge is 0.299 e. The first kappa shape index (κ1) is 15.9. The van der Waals surface area contributed by atoms with Crippen molar-refractivity contribution in [1.29, 1.82) is 5.26 Å². The summed E-state index contributed by atoms with van der Waals surface area (Å²) in [5.41, 5.74) is 1.14. The molecule has 0 atom stereocenters. The fraction of sp³-hybridized carbons (Fsp3) is 0.500. The summed E-state index contributed by atoms with van der Waals surface area (Å²) in [5.74, 6) is -0.289. The van der Waals surface area contributed by atoms with Gasteiger partial charge in [0.25, 0.3) is 0 Å². The molecule has 0 aliphatic carbocycles. The Balaban J connectivity index is 1.94. The second kappa shape index (κ2) is 6.52. The van der Waals surface area contributed by atoms with Gasteiger partial charge < -0.3 is 0 Å². The minimum absolute atomic E-state index is 0.0286. The predicted octanol–water partition coefficient (Wildman–Crippen LogP) is 1.20. The van der Waals surface area contributed by atoms with Crippen LogP contribution in [-0.2, 0) is 16.6 Å². The van der Waals surface area contributed by atoms with Crippen LogP contribution < -0.4 is 5.14 Å². The molecule has 5 nitrogen and oxygen atoms in total. The van der Waals surface area contributed by atoms with E-state index in [1.54, 1.807) is 6.07 Å². The molecule has 1 aliphatic rings. The summed E-state index contributed by atoms with van der Waals surface area (Å²) in [4.78, 5) is 2.15. The topological polar surface area (TPSA) is 87.2 Å². The van der Waals surface area contributed by atoms with Crippen molar-refractivity contribution < 1.29 is 12.8 Å². The maximum Gasteiger partial charge on any atom is 0.209 e. The van der Waals surface area contributed by atoms with Crippen LogP contribution in [0.4, 0.5) is 4.39 Å². The molecule has 0 bridgehead atoms. The van der Waals surface area contributed by atoms with Gasteiger partial charge in [0.2, 0.25) is 10.0 Å². The van der Waals surface area contributed by atoms with Gasteiger partial charge in [-0.1, -0.05) is 6.07 Å². The monoisotopic (exact) mass is 311 g/mol. The number of piperidine rings is 1. The van der Waals surface area contributed by atoms with Crippen LogP contribution in [0.3, 0.4) is 0 Å². The molecule has 21 heavy (non-hydrogen) atoms. The fourth-order valence-electron chi connectivity index (χ4n) is 2.67. The van der Waals surface area contributed by atoms with Crippen LogP contribution in [0.15, 0.2) is 18.2 Å². The van der Waals surface area contributed by atoms with Crippen LogP contribution >= 0.6 is 0 Å². The van der Waals surface area contributed by atoms with Crippen molar-refractivity contribution in [2.75, 3.05) is 18.8 Å². The van der Waals surface area contributed by atoms with Gasteiger partial charge in [0.15, 0.2) is 0 Å². The second-order valence-corrected chi connectivity index (χ2v) is 7.12. The van der Waals surface area contributed by atoms with Crippen molar-refractivity contribution in [1.82, 2.24) is 4.90 Å². The molecule has 0 aromatic heterocycles. The summed E-state index contributed by atoms with van der Waals surface area (Å²) in [6.45, 7) is 2.08. The first-order valence-corrected chi connectivity index (χ1v) is 8.50. The number of likely N-dealkylation sites (tertiary alicyclic amines) is 1. The van der Waals surface area contributed by atoms with Crippen LogP contribution in [0, 0.1) is 23.1 Å². The zero-order chi connectivity index (χ0) is 15.5. The summed E-state index contributed by atoms with van der Waals surface area (Å²) in [6.07, 6.45) is 1.53. The summed E-state index contributed by atoms with van der Waals surface area (Å²) in [6, 6.07) is 6.22. The molecule has 1 fully saturated rings. The van der Waals surface area contributed by atoms with Crippen molar-refractivity contribution in [3.8, 4) is 6.07 Å². The van der Waals surface area contributed by atoms with Crippen molar-refractivity contribution in [3.63, 3.8) is 0 Å². The van der Waals surface area contributed by atoms with Gasteiger partial charge in [0.05, 0.1) is 17.4 Å². The highest BCUT2D eigenvalue weighted by molar-refractivity contribution is 7.89. The molecule has 1 aromatic rings. The van der Waals surface area contributed by atoms with E-state index in [0.29, 0.717) is 12.1 Å². The highest BCUT2D eigenvalue weighted by atomic mass is 32.2. The van der Waals surface area contributed by atoms with Crippen molar-refractivity contribution in [3.05, 3.63) is 35.1 Å². The van der Waals surface area contributed by atoms with Gasteiger partial charge >= 0.3 is 0 Å². The molecule has 1 saturated heterocycles. The minimum atomic E-state index is -3.42. The van der Waals surface area contributed by atoms with Crippen molar-refractivity contribution in [2.45, 2.75) is 19.4 Å². The number of halogens is 1. The van der Waals surface area contributed by atoms with Crippen molar-refractivity contribution in [2.24, 2.45) is 11.1 Å². The lowest BCUT2D eigenvalue weighted by atomic mass is 9.98. The second-order valence-electron chi connectivity index (χ2n) is 5.46. The molecular formula is C14H18FN3O2S. The summed E-state index contributed by atoms with van der Waals surface area (Å²) < 4.78 is 35.2. The number of hydrogen-bond acceptors (Lipinski definition) is 4. The lowest BCUT2D eigenvalue weighted by Crippen LogP contribution is -2.36. The Kier molecular flexibility index (Phi) is 4.93. The third-order valence-corrected chi connectivity index (χ3v) is 4.70. The van der Waals surface area contributed by atoms with Gasteiger partial charge in [-0.2, -0.15) is 5.26 Å². The number of primary sulfonamides is 1. The number of nitrogens with two attached hydrogens (primary N) is 1. The number of benzene rings is 1. The van der Waals surface area contributed by atoms with Crippen LogP contribution in [0.5, 0.6) is 0 Å². The van der Waals surface area contributed by atoms with Gasteiger partial charge in [0, 0.05) is 6.54 Å². The minimum Gasteiger partial charge on any atom is -0.299 e. The third kappa shape index (κ3) is 4.77. The molecule has 2 rings (SSSR count). The standard InChI is InChI=1S/C14H18FN3O2S/c15-14-2-1-12(13(7-14)8-16)9-18-5-3-11(4-6-18)10-21(17,19)20/h1-2,7,11H,3-6,9-10H2,(H2,17,19,20). The quantitative estimate of drug-likeness (QED) is 0.905. The molecule has 7 heteroatoms. The van der Waals surface area contributed by atoms with E-state index in [-0.39, 0.29) is 11.7 Å². The van der Waals surface area contributed by atoms with Crippen LogP contribution in [0.1, 0.15) is 24.0 Å². The average Bonchev–Trinajstić information content (AvgIpc) is 2.41. The van der Waals surface area contributed by atoms with Crippen LogP contribution in [0.2, 0.25) is 0 Å². The predicted molar refractivity (Wildman–Crippen MR) is 77.1 cm³/mol. The number of hydrogen-bond donors (Lipinski definition) is 1. The highest BCUT2D eigenvalue weighted by Crippen LogP contribution is 2.21. The van der Waals surface area contributed by atoms with E-state index in [4.69, 9.17) is 10.4 Å². The first-order chi connectivity index (χ1) is 9.87. The average molecular weight is 311 g/mol. The molecule has 1 heterocycles. The number of rotatable bonds is 4. The Hall–Kier alpha value is -1.49. The fourth-order valence-corrected chi connectivity index (χ4v) is 3.66. The Labute approximate surface area is 124 Å². The van der Waals surface area contributed by atoms with E-state index in [2.05, 4.69) is 4.90 Å². The Morgan fingerprint density at radius 1 is 1.38 bits per heavy atom. The number of sulfonamides is 1. The number of nitriles is 1. The first-order valence-electron chi connectivity index (χ1n) is 6.79. The maximum atomic E-state index is 13.1. The highest BCUT2D eigenvalue weighted by Gasteiger charge is 2.23. The van der Waals surface area contributed by atoms with Gasteiger partial charge in [-0.15, -0.1) is 0 Å². The zero-order valence-corrected chi connectivity index (χ0v) is 12.4. The van der Waals surface area contributed by atoms with Gasteiger partial charge in [-0.05, 0) is 49.5 Å². The molecule has 0 spiro atoms. The van der Waals surface area contributed by atoms with Gasteiger partial charge in [0.1, 0.15) is 5.82 Å². The molecule has 0 unspecified atom stereocenters. The lowest BCUT2D eigenvalue weighted by Gasteiger charge is -2.31. The van der Waals surface area contributed by atoms with E-state index >= 15 is 0 Å². The third-order valence-electron chi connectivity index (χ3n) is 3.76. The van der Waals surface area contributed by atoms with Crippen LogP contribution in [-0.4, -0.2) is 32.2 Å². The normalized spacial score (nSPS) is 17.6. The summed E-state index contributed by atoms with van der Waals surface area (Å²) in [5, 5.41) is 14.1. The summed E-state index contributed by atoms with van der Waals surface area (Å²) in [7, 11) is -3.42. The molecule has 2 N–H and O–H groups in total. The molecule has 0 amide bonds. The van der Waals surface area contributed by atoms with Gasteiger partial charge in [-0.25, -0.2) is 17.9 Å². The zero-order valence-electron chi connectivity index (χ0n) is 11.6. The van der Waals surface area contributed by atoms with Crippen molar-refractivity contribution >= 4 is 10.0 Å². The molecule has 0 saturated carbocycles. The van der Waals surface area contributed by atoms with E-state index < -0.39 is 15.8 Å². The number of nitrogens with zero attached hydrogens (tertiary/aromatic N) is 2. The van der Waals surface area contributed by atoms with Crippen LogP contribution in [0.25, 0.3) is 0 Å². The SMILES string of the molecule is N#Cc1cc(F)ccc1CN1CCC(CS(N)(=O)=O)CC1. The smallest absolute Gasteiger partial charge is 0.209 e. The molecular weight excluding hydrogens is 293 g/mol. The lowest BCUT2D eigenvalue weighted by molar-refractivity contribution is 0.186. The van der Waals surface area contributed by atoms with E-state index in [9.17, 15) is 12.8 Å².